The minimum Gasteiger partial charge on any atom is -0.493 e. The number of aromatic nitrogens is 2. The fourth-order valence-electron chi connectivity index (χ4n) is 3.48. The van der Waals surface area contributed by atoms with E-state index in [0.29, 0.717) is 17.6 Å². The first kappa shape index (κ1) is 15.4. The number of ether oxygens (including phenoxy) is 2. The van der Waals surface area contributed by atoms with E-state index >= 15 is 0 Å². The van der Waals surface area contributed by atoms with Crippen molar-refractivity contribution in [1.82, 2.24) is 15.5 Å². The van der Waals surface area contributed by atoms with Crippen LogP contribution in [0.2, 0.25) is 0 Å². The van der Waals surface area contributed by atoms with Crippen molar-refractivity contribution in [2.24, 2.45) is 0 Å². The molecule has 1 atom stereocenters. The van der Waals surface area contributed by atoms with E-state index < -0.39 is 0 Å². The first-order valence-corrected chi connectivity index (χ1v) is 8.73. The van der Waals surface area contributed by atoms with E-state index in [1.807, 2.05) is 18.2 Å². The number of nitrogens with zero attached hydrogens (tertiary/aromatic N) is 2. The molecule has 24 heavy (non-hydrogen) atoms. The highest BCUT2D eigenvalue weighted by molar-refractivity contribution is 5.60. The van der Waals surface area contributed by atoms with Crippen LogP contribution in [0.4, 0.5) is 0 Å². The van der Waals surface area contributed by atoms with Crippen molar-refractivity contribution >= 4 is 0 Å². The van der Waals surface area contributed by atoms with Crippen LogP contribution in [0, 0.1) is 0 Å². The SMILES string of the molecule is COc1ccc(-c2noc(C3CCNC3)n2)cc1OC1CCCC1. The van der Waals surface area contributed by atoms with Crippen LogP contribution in [-0.4, -0.2) is 36.4 Å². The molecular formula is C18H23N3O3. The molecule has 1 aromatic heterocycles. The maximum Gasteiger partial charge on any atom is 0.231 e. The monoisotopic (exact) mass is 329 g/mol. The number of nitrogens with one attached hydrogen (secondary N) is 1. The number of hydrogen-bond acceptors (Lipinski definition) is 6. The van der Waals surface area contributed by atoms with E-state index in [4.69, 9.17) is 14.0 Å². The fourth-order valence-corrected chi connectivity index (χ4v) is 3.48. The van der Waals surface area contributed by atoms with Gasteiger partial charge in [0.1, 0.15) is 0 Å². The summed E-state index contributed by atoms with van der Waals surface area (Å²) in [6, 6.07) is 5.81. The summed E-state index contributed by atoms with van der Waals surface area (Å²) in [4.78, 5) is 4.58. The molecule has 1 saturated heterocycles. The molecule has 1 N–H and O–H groups in total. The molecule has 1 aliphatic heterocycles. The Hall–Kier alpha value is -2.08. The van der Waals surface area contributed by atoms with Crippen molar-refractivity contribution < 1.29 is 14.0 Å². The molecule has 2 aliphatic rings. The molecule has 1 aromatic carbocycles. The summed E-state index contributed by atoms with van der Waals surface area (Å²) in [5.74, 6) is 3.14. The standard InChI is InChI=1S/C18H23N3O3/c1-22-15-7-6-12(10-16(15)23-14-4-2-3-5-14)17-20-18(24-21-17)13-8-9-19-11-13/h6-7,10,13-14,19H,2-5,8-9,11H2,1H3. The summed E-state index contributed by atoms with van der Waals surface area (Å²) in [6.07, 6.45) is 6.00. The molecule has 1 aliphatic carbocycles. The minimum atomic E-state index is 0.277. The summed E-state index contributed by atoms with van der Waals surface area (Å²) in [7, 11) is 1.66. The van der Waals surface area contributed by atoms with E-state index in [2.05, 4.69) is 15.5 Å². The molecule has 1 saturated carbocycles. The van der Waals surface area contributed by atoms with Gasteiger partial charge in [0.05, 0.1) is 19.1 Å². The van der Waals surface area contributed by atoms with Gasteiger partial charge in [-0.25, -0.2) is 0 Å². The third-order valence-corrected chi connectivity index (χ3v) is 4.87. The zero-order valence-electron chi connectivity index (χ0n) is 14.0. The third-order valence-electron chi connectivity index (χ3n) is 4.87. The Morgan fingerprint density at radius 2 is 2.04 bits per heavy atom. The predicted molar refractivity (Wildman–Crippen MR) is 89.4 cm³/mol. The van der Waals surface area contributed by atoms with Gasteiger partial charge in [0, 0.05) is 12.1 Å². The lowest BCUT2D eigenvalue weighted by molar-refractivity contribution is 0.201. The van der Waals surface area contributed by atoms with E-state index in [1.54, 1.807) is 7.11 Å². The average molecular weight is 329 g/mol. The normalized spacial score (nSPS) is 21.3. The van der Waals surface area contributed by atoms with Crippen molar-refractivity contribution in [2.75, 3.05) is 20.2 Å². The molecule has 0 radical (unpaired) electrons. The van der Waals surface area contributed by atoms with E-state index in [9.17, 15) is 0 Å². The van der Waals surface area contributed by atoms with Crippen molar-refractivity contribution in [1.29, 1.82) is 0 Å². The van der Waals surface area contributed by atoms with E-state index in [0.717, 1.165) is 49.4 Å². The first-order chi connectivity index (χ1) is 11.8. The Morgan fingerprint density at radius 3 is 2.79 bits per heavy atom. The largest absolute Gasteiger partial charge is 0.493 e. The van der Waals surface area contributed by atoms with Gasteiger partial charge in [0.25, 0.3) is 0 Å². The number of hydrogen-bond donors (Lipinski definition) is 1. The highest BCUT2D eigenvalue weighted by Gasteiger charge is 2.24. The van der Waals surface area contributed by atoms with Crippen LogP contribution < -0.4 is 14.8 Å². The van der Waals surface area contributed by atoms with Crippen molar-refractivity contribution in [2.45, 2.75) is 44.1 Å². The van der Waals surface area contributed by atoms with Crippen LogP contribution in [0.25, 0.3) is 11.4 Å². The topological polar surface area (TPSA) is 69.4 Å². The van der Waals surface area contributed by atoms with E-state index in [-0.39, 0.29) is 6.10 Å². The van der Waals surface area contributed by atoms with Crippen LogP contribution in [0.3, 0.4) is 0 Å². The lowest BCUT2D eigenvalue weighted by Gasteiger charge is -2.16. The zero-order chi connectivity index (χ0) is 16.4. The molecule has 0 spiro atoms. The van der Waals surface area contributed by atoms with Crippen molar-refractivity contribution in [3.63, 3.8) is 0 Å². The lowest BCUT2D eigenvalue weighted by Crippen LogP contribution is -2.11. The highest BCUT2D eigenvalue weighted by atomic mass is 16.5. The summed E-state index contributed by atoms with van der Waals surface area (Å²) in [6.45, 7) is 1.91. The number of benzene rings is 1. The second-order valence-corrected chi connectivity index (χ2v) is 6.54. The Kier molecular flexibility index (Phi) is 4.38. The minimum absolute atomic E-state index is 0.277. The Balaban J connectivity index is 1.58. The van der Waals surface area contributed by atoms with Gasteiger partial charge in [-0.1, -0.05) is 5.16 Å². The fraction of sp³-hybridized carbons (Fsp3) is 0.556. The van der Waals surface area contributed by atoms with Gasteiger partial charge in [-0.3, -0.25) is 0 Å². The van der Waals surface area contributed by atoms with Crippen LogP contribution in [0.15, 0.2) is 22.7 Å². The van der Waals surface area contributed by atoms with Crippen LogP contribution in [0.1, 0.15) is 43.9 Å². The van der Waals surface area contributed by atoms with Gasteiger partial charge in [0.15, 0.2) is 11.5 Å². The molecular weight excluding hydrogens is 306 g/mol. The maximum absolute atomic E-state index is 6.14. The van der Waals surface area contributed by atoms with Crippen LogP contribution >= 0.6 is 0 Å². The van der Waals surface area contributed by atoms with Crippen LogP contribution in [-0.2, 0) is 0 Å². The summed E-state index contributed by atoms with van der Waals surface area (Å²) < 4.78 is 17.0. The van der Waals surface area contributed by atoms with E-state index in [1.165, 1.54) is 12.8 Å². The molecule has 0 amide bonds. The second-order valence-electron chi connectivity index (χ2n) is 6.54. The number of methoxy groups -OCH3 is 1. The third kappa shape index (κ3) is 3.11. The summed E-state index contributed by atoms with van der Waals surface area (Å²) >= 11 is 0. The quantitative estimate of drug-likeness (QED) is 0.909. The Labute approximate surface area is 141 Å². The lowest BCUT2D eigenvalue weighted by atomic mass is 10.1. The average Bonchev–Trinajstić information content (AvgIpc) is 3.35. The van der Waals surface area contributed by atoms with Gasteiger partial charge in [-0.05, 0) is 56.8 Å². The molecule has 6 heteroatoms. The van der Waals surface area contributed by atoms with Gasteiger partial charge in [-0.2, -0.15) is 4.98 Å². The molecule has 2 fully saturated rings. The van der Waals surface area contributed by atoms with Crippen molar-refractivity contribution in [3.05, 3.63) is 24.1 Å². The van der Waals surface area contributed by atoms with Gasteiger partial charge >= 0.3 is 0 Å². The Morgan fingerprint density at radius 1 is 1.17 bits per heavy atom. The smallest absolute Gasteiger partial charge is 0.231 e. The first-order valence-electron chi connectivity index (χ1n) is 8.73. The molecule has 128 valence electrons. The zero-order valence-corrected chi connectivity index (χ0v) is 14.0. The maximum atomic E-state index is 6.14. The molecule has 0 bridgehead atoms. The molecule has 2 aromatic rings. The van der Waals surface area contributed by atoms with Gasteiger partial charge in [0.2, 0.25) is 11.7 Å². The highest BCUT2D eigenvalue weighted by Crippen LogP contribution is 2.35. The number of rotatable bonds is 5. The molecule has 6 nitrogen and oxygen atoms in total. The van der Waals surface area contributed by atoms with Gasteiger partial charge < -0.3 is 19.3 Å². The van der Waals surface area contributed by atoms with Crippen LogP contribution in [0.5, 0.6) is 11.5 Å². The predicted octanol–water partition coefficient (Wildman–Crippen LogP) is 3.14. The molecule has 1 unspecified atom stereocenters. The van der Waals surface area contributed by atoms with Crippen molar-refractivity contribution in [3.8, 4) is 22.9 Å². The summed E-state index contributed by atoms with van der Waals surface area (Å²) in [5.41, 5.74) is 0.893. The second kappa shape index (κ2) is 6.81. The molecule has 4 rings (SSSR count). The molecule has 2 heterocycles. The van der Waals surface area contributed by atoms with Gasteiger partial charge in [-0.15, -0.1) is 0 Å². The summed E-state index contributed by atoms with van der Waals surface area (Å²) in [5, 5.41) is 7.47. The Bertz CT molecular complexity index is 689.